The minimum atomic E-state index is 0.200. The van der Waals surface area contributed by atoms with Crippen molar-refractivity contribution >= 4 is 0 Å². The van der Waals surface area contributed by atoms with Crippen molar-refractivity contribution in [3.63, 3.8) is 0 Å². The summed E-state index contributed by atoms with van der Waals surface area (Å²) in [4.78, 5) is 2.12. The van der Waals surface area contributed by atoms with Crippen LogP contribution in [0.2, 0.25) is 0 Å². The molecular weight excluding hydrogens is 212 g/mol. The highest BCUT2D eigenvalue weighted by Gasteiger charge is 2.17. The van der Waals surface area contributed by atoms with Gasteiger partial charge in [-0.1, -0.05) is 26.0 Å². The maximum atomic E-state index is 5.83. The Hall–Kier alpha value is -1.06. The third kappa shape index (κ3) is 3.20. The first-order valence-electron chi connectivity index (χ1n) is 6.05. The van der Waals surface area contributed by atoms with Crippen molar-refractivity contribution in [2.24, 2.45) is 5.73 Å². The molecule has 0 bridgehead atoms. The normalized spacial score (nSPS) is 13.2. The number of likely N-dealkylation sites (N-methyl/N-ethyl adjacent to an activating group) is 1. The van der Waals surface area contributed by atoms with Crippen LogP contribution in [0.25, 0.3) is 0 Å². The molecule has 17 heavy (non-hydrogen) atoms. The molecule has 1 unspecified atom stereocenters. The molecule has 0 saturated carbocycles. The van der Waals surface area contributed by atoms with Crippen LogP contribution in [0.4, 0.5) is 0 Å². The molecule has 0 heterocycles. The van der Waals surface area contributed by atoms with E-state index in [1.165, 1.54) is 5.56 Å². The Kier molecular flexibility index (Phi) is 4.97. The summed E-state index contributed by atoms with van der Waals surface area (Å²) in [6.45, 7) is 4.95. The van der Waals surface area contributed by atoms with E-state index in [0.717, 1.165) is 11.3 Å². The Morgan fingerprint density at radius 3 is 2.35 bits per heavy atom. The number of methoxy groups -OCH3 is 1. The van der Waals surface area contributed by atoms with Gasteiger partial charge < -0.3 is 15.4 Å². The van der Waals surface area contributed by atoms with Crippen molar-refractivity contribution in [2.45, 2.75) is 25.8 Å². The third-order valence-electron chi connectivity index (χ3n) is 3.13. The highest BCUT2D eigenvalue weighted by atomic mass is 16.5. The zero-order valence-electron chi connectivity index (χ0n) is 11.5. The summed E-state index contributed by atoms with van der Waals surface area (Å²) >= 11 is 0. The SMILES string of the molecule is COc1cc(C(C)C)ccc1C(CN)N(C)C. The van der Waals surface area contributed by atoms with Gasteiger partial charge in [-0.25, -0.2) is 0 Å². The predicted molar refractivity (Wildman–Crippen MR) is 72.6 cm³/mol. The van der Waals surface area contributed by atoms with Crippen LogP contribution in [0.5, 0.6) is 5.75 Å². The minimum Gasteiger partial charge on any atom is -0.496 e. The summed E-state index contributed by atoms with van der Waals surface area (Å²) < 4.78 is 5.49. The molecule has 1 rings (SSSR count). The molecule has 0 aliphatic rings. The number of rotatable bonds is 5. The van der Waals surface area contributed by atoms with Gasteiger partial charge in [-0.3, -0.25) is 0 Å². The quantitative estimate of drug-likeness (QED) is 0.853. The summed E-state index contributed by atoms with van der Waals surface area (Å²) in [6.07, 6.45) is 0. The predicted octanol–water partition coefficient (Wildman–Crippen LogP) is 2.38. The first-order chi connectivity index (χ1) is 8.01. The second kappa shape index (κ2) is 6.03. The number of ether oxygens (including phenoxy) is 1. The lowest BCUT2D eigenvalue weighted by Crippen LogP contribution is -2.27. The molecule has 1 atom stereocenters. The van der Waals surface area contributed by atoms with E-state index in [1.807, 2.05) is 14.1 Å². The second-order valence-electron chi connectivity index (χ2n) is 4.87. The number of nitrogens with zero attached hydrogens (tertiary/aromatic N) is 1. The van der Waals surface area contributed by atoms with Crippen molar-refractivity contribution in [1.82, 2.24) is 4.90 Å². The van der Waals surface area contributed by atoms with Crippen LogP contribution in [0.1, 0.15) is 36.9 Å². The number of hydrogen-bond donors (Lipinski definition) is 1. The van der Waals surface area contributed by atoms with Gasteiger partial charge in [0, 0.05) is 12.1 Å². The maximum absolute atomic E-state index is 5.83. The molecule has 0 spiro atoms. The average Bonchev–Trinajstić information content (AvgIpc) is 2.29. The number of nitrogens with two attached hydrogens (primary N) is 1. The van der Waals surface area contributed by atoms with Gasteiger partial charge in [-0.05, 0) is 31.6 Å². The van der Waals surface area contributed by atoms with E-state index >= 15 is 0 Å². The summed E-state index contributed by atoms with van der Waals surface area (Å²) in [5.74, 6) is 1.44. The fraction of sp³-hybridized carbons (Fsp3) is 0.571. The Bertz CT molecular complexity index is 361. The van der Waals surface area contributed by atoms with Crippen molar-refractivity contribution in [3.8, 4) is 5.75 Å². The molecule has 0 aliphatic heterocycles. The van der Waals surface area contributed by atoms with Gasteiger partial charge in [0.1, 0.15) is 5.75 Å². The Balaban J connectivity index is 3.15. The molecule has 1 aromatic carbocycles. The smallest absolute Gasteiger partial charge is 0.123 e. The van der Waals surface area contributed by atoms with Gasteiger partial charge in [-0.15, -0.1) is 0 Å². The largest absolute Gasteiger partial charge is 0.496 e. The Morgan fingerprint density at radius 1 is 1.29 bits per heavy atom. The van der Waals surface area contributed by atoms with Crippen molar-refractivity contribution in [3.05, 3.63) is 29.3 Å². The topological polar surface area (TPSA) is 38.5 Å². The summed E-state index contributed by atoms with van der Waals surface area (Å²) in [5.41, 5.74) is 8.28. The standard InChI is InChI=1S/C14H24N2O/c1-10(2)11-6-7-12(14(8-11)17-5)13(9-15)16(3)4/h6-8,10,13H,9,15H2,1-5H3. The van der Waals surface area contributed by atoms with Gasteiger partial charge in [0.25, 0.3) is 0 Å². The maximum Gasteiger partial charge on any atom is 0.123 e. The van der Waals surface area contributed by atoms with Gasteiger partial charge in [0.05, 0.1) is 13.2 Å². The van der Waals surface area contributed by atoms with E-state index in [4.69, 9.17) is 10.5 Å². The Labute approximate surface area is 105 Å². The lowest BCUT2D eigenvalue weighted by Gasteiger charge is -2.25. The molecule has 0 fully saturated rings. The minimum absolute atomic E-state index is 0.200. The van der Waals surface area contributed by atoms with Crippen LogP contribution in [0.15, 0.2) is 18.2 Å². The van der Waals surface area contributed by atoms with E-state index < -0.39 is 0 Å². The fourth-order valence-corrected chi connectivity index (χ4v) is 1.98. The first kappa shape index (κ1) is 14.0. The average molecular weight is 236 g/mol. The fourth-order valence-electron chi connectivity index (χ4n) is 1.98. The number of benzene rings is 1. The molecule has 0 radical (unpaired) electrons. The zero-order chi connectivity index (χ0) is 13.0. The van der Waals surface area contributed by atoms with E-state index in [9.17, 15) is 0 Å². The van der Waals surface area contributed by atoms with E-state index in [0.29, 0.717) is 12.5 Å². The van der Waals surface area contributed by atoms with Crippen LogP contribution >= 0.6 is 0 Å². The lowest BCUT2D eigenvalue weighted by atomic mass is 9.97. The van der Waals surface area contributed by atoms with Crippen LogP contribution in [0, 0.1) is 0 Å². The summed E-state index contributed by atoms with van der Waals surface area (Å²) in [5, 5.41) is 0. The van der Waals surface area contributed by atoms with E-state index in [1.54, 1.807) is 7.11 Å². The van der Waals surface area contributed by atoms with Crippen molar-refractivity contribution in [1.29, 1.82) is 0 Å². The lowest BCUT2D eigenvalue weighted by molar-refractivity contribution is 0.294. The molecule has 3 heteroatoms. The molecule has 3 nitrogen and oxygen atoms in total. The molecule has 0 aliphatic carbocycles. The van der Waals surface area contributed by atoms with Crippen LogP contribution < -0.4 is 10.5 Å². The molecule has 0 aromatic heterocycles. The first-order valence-corrected chi connectivity index (χ1v) is 6.05. The van der Waals surface area contributed by atoms with E-state index in [2.05, 4.69) is 36.9 Å². The van der Waals surface area contributed by atoms with Gasteiger partial charge in [0.15, 0.2) is 0 Å². The molecule has 96 valence electrons. The molecular formula is C14H24N2O. The molecule has 1 aromatic rings. The van der Waals surface area contributed by atoms with Crippen molar-refractivity contribution in [2.75, 3.05) is 27.7 Å². The summed E-state index contributed by atoms with van der Waals surface area (Å²) in [7, 11) is 5.78. The third-order valence-corrected chi connectivity index (χ3v) is 3.13. The van der Waals surface area contributed by atoms with Crippen LogP contribution in [-0.4, -0.2) is 32.6 Å². The molecule has 0 amide bonds. The van der Waals surface area contributed by atoms with Crippen molar-refractivity contribution < 1.29 is 4.74 Å². The summed E-state index contributed by atoms with van der Waals surface area (Å²) in [6, 6.07) is 6.61. The Morgan fingerprint density at radius 2 is 1.94 bits per heavy atom. The van der Waals surface area contributed by atoms with Gasteiger partial charge >= 0.3 is 0 Å². The zero-order valence-corrected chi connectivity index (χ0v) is 11.5. The molecule has 0 saturated heterocycles. The second-order valence-corrected chi connectivity index (χ2v) is 4.87. The monoisotopic (exact) mass is 236 g/mol. The number of hydrogen-bond acceptors (Lipinski definition) is 3. The highest BCUT2D eigenvalue weighted by Crippen LogP contribution is 2.30. The van der Waals surface area contributed by atoms with Crippen LogP contribution in [0.3, 0.4) is 0 Å². The van der Waals surface area contributed by atoms with E-state index in [-0.39, 0.29) is 6.04 Å². The van der Waals surface area contributed by atoms with Crippen LogP contribution in [-0.2, 0) is 0 Å². The molecule has 2 N–H and O–H groups in total. The van der Waals surface area contributed by atoms with Gasteiger partial charge in [-0.2, -0.15) is 0 Å². The highest BCUT2D eigenvalue weighted by molar-refractivity contribution is 5.40. The van der Waals surface area contributed by atoms with Gasteiger partial charge in [0.2, 0.25) is 0 Å².